The molecular formula is C32H32FN3O6. The van der Waals surface area contributed by atoms with Crippen molar-refractivity contribution >= 4 is 28.5 Å². The smallest absolute Gasteiger partial charge is 0.323 e. The molecule has 9 nitrogen and oxygen atoms in total. The van der Waals surface area contributed by atoms with Crippen LogP contribution in [0.3, 0.4) is 0 Å². The summed E-state index contributed by atoms with van der Waals surface area (Å²) in [6, 6.07) is 16.7. The number of fused-ring (bicyclic) bond motifs is 1. The van der Waals surface area contributed by atoms with Crippen LogP contribution in [-0.4, -0.2) is 42.7 Å². The summed E-state index contributed by atoms with van der Waals surface area (Å²) >= 11 is 0. The fourth-order valence-electron chi connectivity index (χ4n) is 4.70. The van der Waals surface area contributed by atoms with Crippen molar-refractivity contribution in [3.63, 3.8) is 0 Å². The maximum atomic E-state index is 13.1. The molecule has 1 saturated carbocycles. The van der Waals surface area contributed by atoms with Crippen LogP contribution in [0.2, 0.25) is 0 Å². The summed E-state index contributed by atoms with van der Waals surface area (Å²) in [6.45, 7) is 0.197. The van der Waals surface area contributed by atoms with Crippen LogP contribution in [-0.2, 0) is 9.53 Å². The quantitative estimate of drug-likeness (QED) is 0.209. The predicted molar refractivity (Wildman–Crippen MR) is 156 cm³/mol. The van der Waals surface area contributed by atoms with E-state index in [1.165, 1.54) is 31.4 Å². The number of benzene rings is 3. The number of anilines is 1. The normalized spacial score (nSPS) is 13.9. The van der Waals surface area contributed by atoms with Gasteiger partial charge in [0.25, 0.3) is 5.91 Å². The van der Waals surface area contributed by atoms with Crippen LogP contribution in [0.5, 0.6) is 23.0 Å². The van der Waals surface area contributed by atoms with Gasteiger partial charge < -0.3 is 30.0 Å². The summed E-state index contributed by atoms with van der Waals surface area (Å²) in [5.41, 5.74) is 7.56. The summed E-state index contributed by atoms with van der Waals surface area (Å²) in [5.74, 6) is 0.872. The lowest BCUT2D eigenvalue weighted by Crippen LogP contribution is -2.35. The Labute approximate surface area is 242 Å². The zero-order chi connectivity index (χ0) is 29.5. The Hall–Kier alpha value is -4.70. The van der Waals surface area contributed by atoms with Crippen LogP contribution in [0.4, 0.5) is 10.1 Å². The third kappa shape index (κ3) is 7.13. The van der Waals surface area contributed by atoms with E-state index in [4.69, 9.17) is 24.7 Å². The number of rotatable bonds is 11. The highest BCUT2D eigenvalue weighted by atomic mass is 19.1. The first kappa shape index (κ1) is 28.8. The van der Waals surface area contributed by atoms with Crippen LogP contribution in [0.25, 0.3) is 10.9 Å². The minimum atomic E-state index is -0.766. The Kier molecular flexibility index (Phi) is 9.13. The van der Waals surface area contributed by atoms with Gasteiger partial charge in [0.15, 0.2) is 11.5 Å². The second-order valence-corrected chi connectivity index (χ2v) is 10.0. The van der Waals surface area contributed by atoms with Crippen LogP contribution >= 0.6 is 0 Å². The maximum absolute atomic E-state index is 13.1. The molecular weight excluding hydrogens is 541 g/mol. The lowest BCUT2D eigenvalue weighted by atomic mass is 10.1. The molecule has 218 valence electrons. The number of hydrogen-bond acceptors (Lipinski definition) is 8. The molecule has 1 heterocycles. The highest BCUT2D eigenvalue weighted by Crippen LogP contribution is 2.37. The number of amides is 1. The molecule has 5 rings (SSSR count). The van der Waals surface area contributed by atoms with E-state index in [1.807, 2.05) is 0 Å². The molecule has 4 aromatic rings. The lowest BCUT2D eigenvalue weighted by molar-refractivity contribution is -0.150. The van der Waals surface area contributed by atoms with E-state index >= 15 is 0 Å². The van der Waals surface area contributed by atoms with Gasteiger partial charge in [-0.05, 0) is 86.3 Å². The van der Waals surface area contributed by atoms with Gasteiger partial charge in [0.1, 0.15) is 29.5 Å². The van der Waals surface area contributed by atoms with Crippen LogP contribution in [0, 0.1) is 5.82 Å². The van der Waals surface area contributed by atoms with Gasteiger partial charge in [0.2, 0.25) is 0 Å². The maximum Gasteiger partial charge on any atom is 0.323 e. The number of hydrogen-bond donors (Lipinski definition) is 2. The molecule has 0 spiro atoms. The van der Waals surface area contributed by atoms with Crippen molar-refractivity contribution in [1.82, 2.24) is 4.98 Å². The monoisotopic (exact) mass is 573 g/mol. The van der Waals surface area contributed by atoms with Gasteiger partial charge in [0.05, 0.1) is 19.2 Å². The zero-order valence-electron chi connectivity index (χ0n) is 23.2. The standard InChI is InChI=1S/C32H32FN3O6/c1-39-29-18-25-27(19-30(29)40-17-15-26(34)32(38)42-23-4-2-3-5-23)35-16-14-28(25)41-24-12-10-22(11-13-24)36-31(37)20-6-8-21(33)9-7-20/h6-14,16,18-19,23,26H,2-5,15,17,34H2,1H3,(H,36,37)/t26-/m0/s1. The fourth-order valence-corrected chi connectivity index (χ4v) is 4.70. The molecule has 1 amide bonds. The third-order valence-electron chi connectivity index (χ3n) is 7.01. The molecule has 1 fully saturated rings. The van der Waals surface area contributed by atoms with Gasteiger partial charge >= 0.3 is 5.97 Å². The number of nitrogens with two attached hydrogens (primary N) is 1. The van der Waals surface area contributed by atoms with Crippen molar-refractivity contribution in [2.75, 3.05) is 19.0 Å². The topological polar surface area (TPSA) is 122 Å². The summed E-state index contributed by atoms with van der Waals surface area (Å²) in [6.07, 6.45) is 5.83. The van der Waals surface area contributed by atoms with Gasteiger partial charge in [-0.2, -0.15) is 0 Å². The van der Waals surface area contributed by atoms with Gasteiger partial charge in [-0.15, -0.1) is 0 Å². The molecule has 1 aromatic heterocycles. The Balaban J connectivity index is 1.22. The molecule has 1 aliphatic rings. The highest BCUT2D eigenvalue weighted by molar-refractivity contribution is 6.04. The summed E-state index contributed by atoms with van der Waals surface area (Å²) in [4.78, 5) is 29.1. The second-order valence-electron chi connectivity index (χ2n) is 10.0. The van der Waals surface area contributed by atoms with E-state index in [2.05, 4.69) is 10.3 Å². The number of aromatic nitrogens is 1. The number of carbonyl (C=O) groups excluding carboxylic acids is 2. The van der Waals surface area contributed by atoms with Gasteiger partial charge in [-0.25, -0.2) is 4.39 Å². The third-order valence-corrected chi connectivity index (χ3v) is 7.01. The van der Waals surface area contributed by atoms with Crippen molar-refractivity contribution < 1.29 is 32.9 Å². The molecule has 1 aliphatic carbocycles. The summed E-state index contributed by atoms with van der Waals surface area (Å²) < 4.78 is 36.2. The molecule has 0 aliphatic heterocycles. The zero-order valence-corrected chi connectivity index (χ0v) is 23.2. The first-order chi connectivity index (χ1) is 20.4. The average molecular weight is 574 g/mol. The summed E-state index contributed by atoms with van der Waals surface area (Å²) in [5, 5.41) is 3.48. The van der Waals surface area contributed by atoms with Gasteiger partial charge in [0, 0.05) is 35.3 Å². The average Bonchev–Trinajstić information content (AvgIpc) is 3.51. The number of ether oxygens (including phenoxy) is 4. The predicted octanol–water partition coefficient (Wildman–Crippen LogP) is 6.01. The number of nitrogens with zero attached hydrogens (tertiary/aromatic N) is 1. The minimum absolute atomic E-state index is 0.0286. The Bertz CT molecular complexity index is 1540. The molecule has 0 unspecified atom stereocenters. The molecule has 1 atom stereocenters. The van der Waals surface area contributed by atoms with Crippen LogP contribution in [0.1, 0.15) is 42.5 Å². The van der Waals surface area contributed by atoms with E-state index in [0.29, 0.717) is 51.6 Å². The van der Waals surface area contributed by atoms with Crippen molar-refractivity contribution in [1.29, 1.82) is 0 Å². The Morgan fingerprint density at radius 2 is 1.74 bits per heavy atom. The lowest BCUT2D eigenvalue weighted by Gasteiger charge is -2.17. The largest absolute Gasteiger partial charge is 0.493 e. The molecule has 42 heavy (non-hydrogen) atoms. The second kappa shape index (κ2) is 13.3. The number of carbonyl (C=O) groups is 2. The number of pyridine rings is 1. The van der Waals surface area contributed by atoms with Crippen molar-refractivity contribution in [3.8, 4) is 23.0 Å². The molecule has 0 bridgehead atoms. The number of halogens is 1. The Morgan fingerprint density at radius 1 is 1.00 bits per heavy atom. The highest BCUT2D eigenvalue weighted by Gasteiger charge is 2.23. The molecule has 0 radical (unpaired) electrons. The summed E-state index contributed by atoms with van der Waals surface area (Å²) in [7, 11) is 1.54. The van der Waals surface area contributed by atoms with Gasteiger partial charge in [-0.1, -0.05) is 0 Å². The van der Waals surface area contributed by atoms with Crippen molar-refractivity contribution in [2.24, 2.45) is 5.73 Å². The first-order valence-electron chi connectivity index (χ1n) is 13.8. The SMILES string of the molecule is COc1cc2c(Oc3ccc(NC(=O)c4ccc(F)cc4)cc3)ccnc2cc1OCC[C@H](N)C(=O)OC1CCCC1. The van der Waals surface area contributed by atoms with Gasteiger partial charge in [-0.3, -0.25) is 14.6 Å². The van der Waals surface area contributed by atoms with E-state index in [1.54, 1.807) is 48.7 Å². The van der Waals surface area contributed by atoms with Crippen molar-refractivity contribution in [3.05, 3.63) is 84.3 Å². The molecule has 10 heteroatoms. The number of methoxy groups -OCH3 is 1. The van der Waals surface area contributed by atoms with Crippen LogP contribution in [0.15, 0.2) is 72.9 Å². The van der Waals surface area contributed by atoms with E-state index in [-0.39, 0.29) is 18.6 Å². The van der Waals surface area contributed by atoms with Crippen molar-refractivity contribution in [2.45, 2.75) is 44.2 Å². The first-order valence-corrected chi connectivity index (χ1v) is 13.8. The number of nitrogens with one attached hydrogen (secondary N) is 1. The fraction of sp³-hybridized carbons (Fsp3) is 0.281. The van der Waals surface area contributed by atoms with E-state index in [0.717, 1.165) is 25.7 Å². The number of esters is 1. The molecule has 0 saturated heterocycles. The van der Waals surface area contributed by atoms with E-state index < -0.39 is 17.8 Å². The molecule has 3 aromatic carbocycles. The molecule has 3 N–H and O–H groups in total. The van der Waals surface area contributed by atoms with E-state index in [9.17, 15) is 14.0 Å². The van der Waals surface area contributed by atoms with Crippen LogP contribution < -0.4 is 25.3 Å². The minimum Gasteiger partial charge on any atom is -0.493 e. The Morgan fingerprint density at radius 3 is 2.45 bits per heavy atom.